The van der Waals surface area contributed by atoms with E-state index in [1.165, 1.54) is 0 Å². The lowest BCUT2D eigenvalue weighted by Crippen LogP contribution is -2.24. The molecule has 0 aromatic carbocycles. The third kappa shape index (κ3) is 2.71. The summed E-state index contributed by atoms with van der Waals surface area (Å²) in [5.41, 5.74) is 0. The second-order valence-corrected chi connectivity index (χ2v) is 3.94. The first-order chi connectivity index (χ1) is 6.65. The van der Waals surface area contributed by atoms with Crippen molar-refractivity contribution in [3.05, 3.63) is 0 Å². The SMILES string of the molecule is C[C@@H]1CN(CCCC#N)C[C@H]1C(=O)O. The summed E-state index contributed by atoms with van der Waals surface area (Å²) in [5.74, 6) is -0.688. The average molecular weight is 196 g/mol. The van der Waals surface area contributed by atoms with Gasteiger partial charge in [0.05, 0.1) is 12.0 Å². The molecule has 1 rings (SSSR count). The lowest BCUT2D eigenvalue weighted by atomic mass is 9.99. The second-order valence-electron chi connectivity index (χ2n) is 3.94. The summed E-state index contributed by atoms with van der Waals surface area (Å²) < 4.78 is 0. The number of rotatable bonds is 4. The highest BCUT2D eigenvalue weighted by Gasteiger charge is 2.33. The molecule has 0 spiro atoms. The van der Waals surface area contributed by atoms with E-state index in [0.717, 1.165) is 19.5 Å². The van der Waals surface area contributed by atoms with Crippen molar-refractivity contribution in [2.75, 3.05) is 19.6 Å². The van der Waals surface area contributed by atoms with Gasteiger partial charge in [0.15, 0.2) is 0 Å². The van der Waals surface area contributed by atoms with Crippen LogP contribution < -0.4 is 0 Å². The van der Waals surface area contributed by atoms with Gasteiger partial charge in [-0.15, -0.1) is 0 Å². The maximum atomic E-state index is 10.8. The van der Waals surface area contributed by atoms with Crippen LogP contribution in [0.3, 0.4) is 0 Å². The minimum atomic E-state index is -0.694. The Hall–Kier alpha value is -1.08. The van der Waals surface area contributed by atoms with Crippen LogP contribution in [0.15, 0.2) is 0 Å². The van der Waals surface area contributed by atoms with Crippen molar-refractivity contribution >= 4 is 5.97 Å². The minimum absolute atomic E-state index is 0.225. The van der Waals surface area contributed by atoms with E-state index >= 15 is 0 Å². The molecular weight excluding hydrogens is 180 g/mol. The zero-order valence-corrected chi connectivity index (χ0v) is 8.44. The van der Waals surface area contributed by atoms with Gasteiger partial charge in [-0.2, -0.15) is 5.26 Å². The molecule has 0 bridgehead atoms. The summed E-state index contributed by atoms with van der Waals surface area (Å²) in [6, 6.07) is 2.09. The standard InChI is InChI=1S/C10H16N2O2/c1-8-6-12(5-3-2-4-11)7-9(8)10(13)14/h8-9H,2-3,5-7H2,1H3,(H,13,14)/t8-,9-/m1/s1. The van der Waals surface area contributed by atoms with Crippen LogP contribution in [-0.4, -0.2) is 35.6 Å². The summed E-state index contributed by atoms with van der Waals surface area (Å²) in [6.07, 6.45) is 1.40. The molecule has 1 fully saturated rings. The van der Waals surface area contributed by atoms with E-state index in [-0.39, 0.29) is 11.8 Å². The zero-order chi connectivity index (χ0) is 10.6. The molecule has 78 valence electrons. The monoisotopic (exact) mass is 196 g/mol. The predicted molar refractivity (Wildman–Crippen MR) is 51.6 cm³/mol. The topological polar surface area (TPSA) is 64.3 Å². The first-order valence-corrected chi connectivity index (χ1v) is 4.97. The summed E-state index contributed by atoms with van der Waals surface area (Å²) in [6.45, 7) is 4.31. The number of unbranched alkanes of at least 4 members (excludes halogenated alkanes) is 1. The Morgan fingerprint density at radius 3 is 2.86 bits per heavy atom. The number of carboxylic acid groups (broad SMARTS) is 1. The minimum Gasteiger partial charge on any atom is -0.481 e. The van der Waals surface area contributed by atoms with Crippen molar-refractivity contribution in [1.29, 1.82) is 5.26 Å². The molecule has 1 heterocycles. The van der Waals surface area contributed by atoms with Gasteiger partial charge in [0.2, 0.25) is 0 Å². The molecule has 2 atom stereocenters. The van der Waals surface area contributed by atoms with Gasteiger partial charge in [-0.25, -0.2) is 0 Å². The average Bonchev–Trinajstić information content (AvgIpc) is 2.47. The second kappa shape index (κ2) is 4.97. The van der Waals surface area contributed by atoms with Gasteiger partial charge in [-0.3, -0.25) is 4.79 Å². The molecule has 4 heteroatoms. The van der Waals surface area contributed by atoms with Crippen LogP contribution in [0.2, 0.25) is 0 Å². The summed E-state index contributed by atoms with van der Waals surface area (Å²) in [4.78, 5) is 12.9. The van der Waals surface area contributed by atoms with Crippen molar-refractivity contribution in [3.63, 3.8) is 0 Å². The van der Waals surface area contributed by atoms with E-state index in [4.69, 9.17) is 10.4 Å². The highest BCUT2D eigenvalue weighted by atomic mass is 16.4. The molecule has 0 aliphatic carbocycles. The fourth-order valence-corrected chi connectivity index (χ4v) is 1.95. The number of hydrogen-bond acceptors (Lipinski definition) is 3. The molecule has 0 saturated carbocycles. The van der Waals surface area contributed by atoms with Gasteiger partial charge in [0.1, 0.15) is 0 Å². The highest BCUT2D eigenvalue weighted by molar-refractivity contribution is 5.71. The van der Waals surface area contributed by atoms with Crippen LogP contribution in [0.5, 0.6) is 0 Å². The van der Waals surface area contributed by atoms with Gasteiger partial charge < -0.3 is 10.0 Å². The third-order valence-corrected chi connectivity index (χ3v) is 2.77. The molecule has 14 heavy (non-hydrogen) atoms. The number of hydrogen-bond donors (Lipinski definition) is 1. The number of carbonyl (C=O) groups is 1. The van der Waals surface area contributed by atoms with Crippen LogP contribution in [0, 0.1) is 23.2 Å². The number of aliphatic carboxylic acids is 1. The summed E-state index contributed by atoms with van der Waals surface area (Å²) >= 11 is 0. The van der Waals surface area contributed by atoms with E-state index in [1.54, 1.807) is 0 Å². The largest absolute Gasteiger partial charge is 0.481 e. The van der Waals surface area contributed by atoms with Gasteiger partial charge in [0.25, 0.3) is 0 Å². The molecule has 1 aliphatic rings. The first-order valence-electron chi connectivity index (χ1n) is 4.97. The molecule has 0 aromatic rings. The quantitative estimate of drug-likeness (QED) is 0.680. The zero-order valence-electron chi connectivity index (χ0n) is 8.44. The van der Waals surface area contributed by atoms with Crippen molar-refractivity contribution in [1.82, 2.24) is 4.90 Å². The van der Waals surface area contributed by atoms with Crippen molar-refractivity contribution < 1.29 is 9.90 Å². The van der Waals surface area contributed by atoms with Crippen LogP contribution in [0.25, 0.3) is 0 Å². The van der Waals surface area contributed by atoms with Crippen LogP contribution >= 0.6 is 0 Å². The molecular formula is C10H16N2O2. The van der Waals surface area contributed by atoms with E-state index in [9.17, 15) is 4.79 Å². The summed E-state index contributed by atoms with van der Waals surface area (Å²) in [7, 11) is 0. The van der Waals surface area contributed by atoms with Crippen molar-refractivity contribution in [3.8, 4) is 6.07 Å². The lowest BCUT2D eigenvalue weighted by Gasteiger charge is -2.13. The maximum absolute atomic E-state index is 10.8. The Bertz CT molecular complexity index is 247. The Morgan fingerprint density at radius 1 is 1.64 bits per heavy atom. The number of nitrogens with zero attached hydrogens (tertiary/aromatic N) is 2. The van der Waals surface area contributed by atoms with Crippen LogP contribution in [0.1, 0.15) is 19.8 Å². The predicted octanol–water partition coefficient (Wildman–Crippen LogP) is 0.943. The van der Waals surface area contributed by atoms with Crippen molar-refractivity contribution in [2.24, 2.45) is 11.8 Å². The highest BCUT2D eigenvalue weighted by Crippen LogP contribution is 2.23. The molecule has 1 saturated heterocycles. The van der Waals surface area contributed by atoms with Crippen LogP contribution in [-0.2, 0) is 4.79 Å². The molecule has 1 N–H and O–H groups in total. The van der Waals surface area contributed by atoms with Gasteiger partial charge in [-0.1, -0.05) is 6.92 Å². The molecule has 4 nitrogen and oxygen atoms in total. The van der Waals surface area contributed by atoms with Gasteiger partial charge >= 0.3 is 5.97 Å². The fourth-order valence-electron chi connectivity index (χ4n) is 1.95. The Balaban J connectivity index is 2.32. The number of nitriles is 1. The van der Waals surface area contributed by atoms with Gasteiger partial charge in [0, 0.05) is 19.5 Å². The Labute approximate surface area is 84.1 Å². The molecule has 1 aliphatic heterocycles. The first kappa shape index (κ1) is 11.0. The lowest BCUT2D eigenvalue weighted by molar-refractivity contribution is -0.142. The Kier molecular flexibility index (Phi) is 3.90. The van der Waals surface area contributed by atoms with E-state index in [2.05, 4.69) is 11.0 Å². The van der Waals surface area contributed by atoms with E-state index < -0.39 is 5.97 Å². The van der Waals surface area contributed by atoms with Gasteiger partial charge in [-0.05, 0) is 18.9 Å². The van der Waals surface area contributed by atoms with E-state index in [1.807, 2.05) is 6.92 Å². The summed E-state index contributed by atoms with van der Waals surface area (Å²) in [5, 5.41) is 17.3. The normalized spacial score (nSPS) is 27.4. The van der Waals surface area contributed by atoms with Crippen molar-refractivity contribution in [2.45, 2.75) is 19.8 Å². The number of likely N-dealkylation sites (tertiary alicyclic amines) is 1. The fraction of sp³-hybridized carbons (Fsp3) is 0.800. The molecule has 0 unspecified atom stereocenters. The molecule has 0 aromatic heterocycles. The molecule has 0 radical (unpaired) electrons. The van der Waals surface area contributed by atoms with Crippen LogP contribution in [0.4, 0.5) is 0 Å². The molecule has 0 amide bonds. The van der Waals surface area contributed by atoms with E-state index in [0.29, 0.717) is 13.0 Å². The smallest absolute Gasteiger partial charge is 0.308 e. The third-order valence-electron chi connectivity index (χ3n) is 2.77. The number of carboxylic acids is 1. The Morgan fingerprint density at radius 2 is 2.36 bits per heavy atom. The maximum Gasteiger partial charge on any atom is 0.308 e.